The SMILES string of the molecule is CCc1cn(C[C@H](NC(=O)C2CCC2)C(=O)O)c(=O)[nH]c1=O. The van der Waals surface area contributed by atoms with Gasteiger partial charge in [-0.25, -0.2) is 9.59 Å². The van der Waals surface area contributed by atoms with Crippen LogP contribution in [0.3, 0.4) is 0 Å². The standard InChI is InChI=1S/C14H19N3O5/c1-2-8-6-17(14(22)16-11(8)18)7-10(13(20)21)15-12(19)9-4-3-5-9/h6,9-10H,2-5,7H2,1H3,(H,15,19)(H,20,21)(H,16,18,22)/t10-/m0/s1. The number of aryl methyl sites for hydroxylation is 1. The summed E-state index contributed by atoms with van der Waals surface area (Å²) in [6, 6.07) is -1.21. The summed E-state index contributed by atoms with van der Waals surface area (Å²) >= 11 is 0. The number of amides is 1. The summed E-state index contributed by atoms with van der Waals surface area (Å²) < 4.78 is 1.11. The number of hydrogen-bond acceptors (Lipinski definition) is 4. The Morgan fingerprint density at radius 1 is 1.45 bits per heavy atom. The Morgan fingerprint density at radius 3 is 2.64 bits per heavy atom. The van der Waals surface area contributed by atoms with Crippen molar-refractivity contribution in [2.45, 2.75) is 45.2 Å². The molecule has 0 bridgehead atoms. The number of aromatic nitrogens is 2. The normalized spacial score (nSPS) is 15.9. The number of hydrogen-bond donors (Lipinski definition) is 3. The highest BCUT2D eigenvalue weighted by Gasteiger charge is 2.29. The summed E-state index contributed by atoms with van der Waals surface area (Å²) in [5.41, 5.74) is -0.783. The van der Waals surface area contributed by atoms with Gasteiger partial charge in [0.2, 0.25) is 5.91 Å². The maximum atomic E-state index is 11.9. The van der Waals surface area contributed by atoms with Crippen LogP contribution >= 0.6 is 0 Å². The van der Waals surface area contributed by atoms with Crippen LogP contribution in [0.5, 0.6) is 0 Å². The quantitative estimate of drug-likeness (QED) is 0.652. The summed E-state index contributed by atoms with van der Waals surface area (Å²) in [6.45, 7) is 1.53. The molecular formula is C14H19N3O5. The molecule has 0 saturated heterocycles. The fourth-order valence-electron chi connectivity index (χ4n) is 2.28. The van der Waals surface area contributed by atoms with Gasteiger partial charge < -0.3 is 10.4 Å². The Bertz CT molecular complexity index is 686. The van der Waals surface area contributed by atoms with Crippen LogP contribution in [0.15, 0.2) is 15.8 Å². The molecule has 3 N–H and O–H groups in total. The lowest BCUT2D eigenvalue weighted by Crippen LogP contribution is -2.49. The minimum Gasteiger partial charge on any atom is -0.480 e. The van der Waals surface area contributed by atoms with E-state index in [-0.39, 0.29) is 18.4 Å². The number of nitrogens with zero attached hydrogens (tertiary/aromatic N) is 1. The molecule has 8 heteroatoms. The zero-order chi connectivity index (χ0) is 16.3. The van der Waals surface area contributed by atoms with Crippen LogP contribution in [0.4, 0.5) is 0 Å². The van der Waals surface area contributed by atoms with Crippen LogP contribution in [0, 0.1) is 5.92 Å². The lowest BCUT2D eigenvalue weighted by molar-refractivity contribution is -0.143. The topological polar surface area (TPSA) is 121 Å². The predicted molar refractivity (Wildman–Crippen MR) is 77.6 cm³/mol. The molecule has 1 amide bonds. The van der Waals surface area contributed by atoms with Crippen molar-refractivity contribution in [3.63, 3.8) is 0 Å². The molecule has 1 saturated carbocycles. The molecule has 0 aliphatic heterocycles. The Morgan fingerprint density at radius 2 is 2.14 bits per heavy atom. The lowest BCUT2D eigenvalue weighted by Gasteiger charge is -2.26. The summed E-state index contributed by atoms with van der Waals surface area (Å²) in [4.78, 5) is 48.6. The molecule has 0 unspecified atom stereocenters. The molecule has 1 heterocycles. The fraction of sp³-hybridized carbons (Fsp3) is 0.571. The van der Waals surface area contributed by atoms with Crippen LogP contribution in [0.25, 0.3) is 0 Å². The molecule has 1 aromatic rings. The number of carboxylic acid groups (broad SMARTS) is 1. The van der Waals surface area contributed by atoms with Gasteiger partial charge in [0.05, 0.1) is 6.54 Å². The molecule has 0 radical (unpaired) electrons. The van der Waals surface area contributed by atoms with Crippen molar-refractivity contribution in [3.8, 4) is 0 Å². The van der Waals surface area contributed by atoms with E-state index in [1.165, 1.54) is 6.20 Å². The molecule has 2 rings (SSSR count). The van der Waals surface area contributed by atoms with Crippen LogP contribution in [0.2, 0.25) is 0 Å². The fourth-order valence-corrected chi connectivity index (χ4v) is 2.28. The Labute approximate surface area is 126 Å². The minimum absolute atomic E-state index is 0.139. The highest BCUT2D eigenvalue weighted by atomic mass is 16.4. The molecule has 22 heavy (non-hydrogen) atoms. The van der Waals surface area contributed by atoms with E-state index in [0.29, 0.717) is 12.0 Å². The second kappa shape index (κ2) is 6.59. The number of aromatic amines is 1. The second-order valence-corrected chi connectivity index (χ2v) is 5.45. The van der Waals surface area contributed by atoms with Gasteiger partial charge in [0.1, 0.15) is 6.04 Å². The smallest absolute Gasteiger partial charge is 0.328 e. The molecule has 120 valence electrons. The number of carbonyl (C=O) groups is 2. The number of rotatable bonds is 6. The predicted octanol–water partition coefficient (Wildman–Crippen LogP) is -0.531. The van der Waals surface area contributed by atoms with E-state index in [9.17, 15) is 24.3 Å². The highest BCUT2D eigenvalue weighted by Crippen LogP contribution is 2.26. The third kappa shape index (κ3) is 3.44. The molecular weight excluding hydrogens is 290 g/mol. The van der Waals surface area contributed by atoms with Gasteiger partial charge in [-0.05, 0) is 19.3 Å². The number of H-pyrrole nitrogens is 1. The average Bonchev–Trinajstić information content (AvgIpc) is 2.38. The first kappa shape index (κ1) is 16.0. The Kier molecular flexibility index (Phi) is 4.79. The zero-order valence-electron chi connectivity index (χ0n) is 12.3. The minimum atomic E-state index is -1.22. The third-order valence-electron chi connectivity index (χ3n) is 3.94. The van der Waals surface area contributed by atoms with Crippen molar-refractivity contribution in [2.75, 3.05) is 0 Å². The van der Waals surface area contributed by atoms with Gasteiger partial charge in [-0.2, -0.15) is 0 Å². The number of carboxylic acids is 1. The molecule has 8 nitrogen and oxygen atoms in total. The second-order valence-electron chi connectivity index (χ2n) is 5.45. The maximum absolute atomic E-state index is 11.9. The van der Waals surface area contributed by atoms with Crippen LogP contribution < -0.4 is 16.6 Å². The van der Waals surface area contributed by atoms with E-state index in [0.717, 1.165) is 23.8 Å². The van der Waals surface area contributed by atoms with Crippen LogP contribution in [0.1, 0.15) is 31.7 Å². The van der Waals surface area contributed by atoms with Crippen molar-refractivity contribution in [1.29, 1.82) is 0 Å². The number of aliphatic carboxylic acids is 1. The van der Waals surface area contributed by atoms with Crippen molar-refractivity contribution >= 4 is 11.9 Å². The summed E-state index contributed by atoms with van der Waals surface area (Å²) in [6.07, 6.45) is 4.25. The average molecular weight is 309 g/mol. The zero-order valence-corrected chi connectivity index (χ0v) is 12.3. The van der Waals surface area contributed by atoms with E-state index < -0.39 is 23.3 Å². The Hall–Kier alpha value is -2.38. The molecule has 1 aliphatic carbocycles. The van der Waals surface area contributed by atoms with Crippen molar-refractivity contribution in [3.05, 3.63) is 32.6 Å². The molecule has 1 fully saturated rings. The van der Waals surface area contributed by atoms with E-state index >= 15 is 0 Å². The van der Waals surface area contributed by atoms with Gasteiger partial charge in [-0.1, -0.05) is 13.3 Å². The van der Waals surface area contributed by atoms with Gasteiger partial charge in [-0.3, -0.25) is 19.1 Å². The van der Waals surface area contributed by atoms with E-state index in [4.69, 9.17) is 0 Å². The summed E-state index contributed by atoms with van der Waals surface area (Å²) in [5, 5.41) is 11.7. The number of carbonyl (C=O) groups excluding carboxylic acids is 1. The maximum Gasteiger partial charge on any atom is 0.328 e. The Balaban J connectivity index is 2.17. The molecule has 0 aromatic carbocycles. The van der Waals surface area contributed by atoms with Gasteiger partial charge in [-0.15, -0.1) is 0 Å². The number of nitrogens with one attached hydrogen (secondary N) is 2. The van der Waals surface area contributed by atoms with E-state index in [1.54, 1.807) is 6.92 Å². The van der Waals surface area contributed by atoms with E-state index in [2.05, 4.69) is 10.3 Å². The molecule has 1 atom stereocenters. The molecule has 1 aliphatic rings. The van der Waals surface area contributed by atoms with Crippen molar-refractivity contribution < 1.29 is 14.7 Å². The van der Waals surface area contributed by atoms with Crippen LogP contribution in [-0.2, 0) is 22.6 Å². The first-order valence-corrected chi connectivity index (χ1v) is 7.28. The first-order valence-electron chi connectivity index (χ1n) is 7.28. The van der Waals surface area contributed by atoms with Gasteiger partial charge in [0, 0.05) is 17.7 Å². The third-order valence-corrected chi connectivity index (χ3v) is 3.94. The molecule has 0 spiro atoms. The summed E-state index contributed by atoms with van der Waals surface area (Å²) in [5.74, 6) is -1.66. The first-order chi connectivity index (χ1) is 10.4. The van der Waals surface area contributed by atoms with Gasteiger partial charge in [0.15, 0.2) is 0 Å². The lowest BCUT2D eigenvalue weighted by atomic mass is 9.84. The van der Waals surface area contributed by atoms with Crippen LogP contribution in [-0.4, -0.2) is 32.6 Å². The molecule has 1 aromatic heterocycles. The largest absolute Gasteiger partial charge is 0.480 e. The highest BCUT2D eigenvalue weighted by molar-refractivity contribution is 5.85. The van der Waals surface area contributed by atoms with E-state index in [1.807, 2.05) is 0 Å². The van der Waals surface area contributed by atoms with Gasteiger partial charge in [0.25, 0.3) is 5.56 Å². The van der Waals surface area contributed by atoms with Gasteiger partial charge >= 0.3 is 11.7 Å². The summed E-state index contributed by atoms with van der Waals surface area (Å²) in [7, 11) is 0. The van der Waals surface area contributed by atoms with Crippen molar-refractivity contribution in [1.82, 2.24) is 14.9 Å². The monoisotopic (exact) mass is 309 g/mol. The van der Waals surface area contributed by atoms with Crippen molar-refractivity contribution in [2.24, 2.45) is 5.92 Å².